The number of anilines is 1. The second-order valence-corrected chi connectivity index (χ2v) is 6.48. The Morgan fingerprint density at radius 1 is 1.53 bits per heavy atom. The largest absolute Gasteiger partial charge is 0.368 e. The minimum Gasteiger partial charge on any atom is -0.368 e. The monoisotopic (exact) mass is 280 g/mol. The van der Waals surface area contributed by atoms with Gasteiger partial charge in [-0.2, -0.15) is 0 Å². The van der Waals surface area contributed by atoms with Gasteiger partial charge in [0.1, 0.15) is 6.10 Å². The number of ether oxygens (including phenoxy) is 1. The number of hydrogen-bond acceptors (Lipinski definition) is 4. The number of hydrogen-bond donors (Lipinski definition) is 1. The van der Waals surface area contributed by atoms with Gasteiger partial charge in [0.25, 0.3) is 5.91 Å². The number of nitrogens with zero attached hydrogens (tertiary/aromatic N) is 1. The van der Waals surface area contributed by atoms with Crippen LogP contribution in [0.1, 0.15) is 43.2 Å². The van der Waals surface area contributed by atoms with Crippen LogP contribution < -0.4 is 5.32 Å². The van der Waals surface area contributed by atoms with Gasteiger partial charge in [0.05, 0.1) is 5.69 Å². The van der Waals surface area contributed by atoms with Crippen LogP contribution in [0, 0.1) is 5.92 Å². The zero-order valence-electron chi connectivity index (χ0n) is 11.3. The van der Waals surface area contributed by atoms with E-state index in [1.165, 1.54) is 23.4 Å². The maximum atomic E-state index is 12.0. The molecule has 4 nitrogen and oxygen atoms in total. The van der Waals surface area contributed by atoms with Crippen LogP contribution in [0.4, 0.5) is 5.13 Å². The molecule has 5 heteroatoms. The summed E-state index contributed by atoms with van der Waals surface area (Å²) < 4.78 is 5.39. The van der Waals surface area contributed by atoms with E-state index in [1.54, 1.807) is 11.3 Å². The molecular formula is C14H20N2O2S. The summed E-state index contributed by atoms with van der Waals surface area (Å²) >= 11 is 1.64. The summed E-state index contributed by atoms with van der Waals surface area (Å²) in [5, 5.41) is 3.67. The molecule has 1 amide bonds. The molecule has 2 unspecified atom stereocenters. The summed E-state index contributed by atoms with van der Waals surface area (Å²) in [6.07, 6.45) is 6.17. The summed E-state index contributed by atoms with van der Waals surface area (Å²) in [6, 6.07) is 0. The van der Waals surface area contributed by atoms with Crippen molar-refractivity contribution in [3.63, 3.8) is 0 Å². The zero-order chi connectivity index (χ0) is 13.2. The molecule has 1 aromatic rings. The van der Waals surface area contributed by atoms with Crippen molar-refractivity contribution in [2.75, 3.05) is 11.9 Å². The van der Waals surface area contributed by atoms with Gasteiger partial charge in [0, 0.05) is 11.5 Å². The average molecular weight is 280 g/mol. The lowest BCUT2D eigenvalue weighted by atomic mass is 9.89. The number of aryl methyl sites for hydroxylation is 1. The minimum absolute atomic E-state index is 0.0318. The number of nitrogens with one attached hydrogen (secondary N) is 1. The lowest BCUT2D eigenvalue weighted by Crippen LogP contribution is -2.26. The molecule has 19 heavy (non-hydrogen) atoms. The molecule has 2 heterocycles. The molecule has 2 atom stereocenters. The Kier molecular flexibility index (Phi) is 3.84. The first-order chi connectivity index (χ1) is 9.26. The number of rotatable bonds is 3. The van der Waals surface area contributed by atoms with Gasteiger partial charge in [-0.3, -0.25) is 10.1 Å². The van der Waals surface area contributed by atoms with Gasteiger partial charge in [0.15, 0.2) is 5.13 Å². The molecule has 1 N–H and O–H groups in total. The molecule has 104 valence electrons. The van der Waals surface area contributed by atoms with Crippen molar-refractivity contribution in [3.8, 4) is 0 Å². The summed E-state index contributed by atoms with van der Waals surface area (Å²) in [5.41, 5.74) is 1.19. The molecule has 0 bridgehead atoms. The quantitative estimate of drug-likeness (QED) is 0.926. The van der Waals surface area contributed by atoms with E-state index in [-0.39, 0.29) is 12.0 Å². The van der Waals surface area contributed by atoms with Crippen LogP contribution in [0.25, 0.3) is 0 Å². The van der Waals surface area contributed by atoms with Gasteiger partial charge >= 0.3 is 0 Å². The molecule has 2 aliphatic rings. The Bertz CT molecular complexity index is 466. The first-order valence-electron chi connectivity index (χ1n) is 7.17. The van der Waals surface area contributed by atoms with Crippen molar-refractivity contribution in [1.82, 2.24) is 4.98 Å². The Morgan fingerprint density at radius 3 is 3.16 bits per heavy atom. The van der Waals surface area contributed by atoms with Crippen LogP contribution >= 0.6 is 11.3 Å². The summed E-state index contributed by atoms with van der Waals surface area (Å²) in [6.45, 7) is 2.95. The van der Waals surface area contributed by atoms with E-state index in [9.17, 15) is 4.79 Å². The normalized spacial score (nSPS) is 26.2. The van der Waals surface area contributed by atoms with E-state index in [1.807, 2.05) is 0 Å². The van der Waals surface area contributed by atoms with Gasteiger partial charge < -0.3 is 4.74 Å². The third-order valence-corrected chi connectivity index (χ3v) is 5.11. The fraction of sp³-hybridized carbons (Fsp3) is 0.714. The predicted molar refractivity (Wildman–Crippen MR) is 75.5 cm³/mol. The standard InChI is InChI=1S/C14H20N2O2S/c1-2-9-5-6-10-12(8-9)19-14(15-10)16-13(17)11-4-3-7-18-11/h9,11H,2-8H2,1H3,(H,15,16,17). The third kappa shape index (κ3) is 2.82. The first-order valence-corrected chi connectivity index (χ1v) is 7.99. The van der Waals surface area contributed by atoms with Crippen LogP contribution in [0.15, 0.2) is 0 Å². The smallest absolute Gasteiger partial charge is 0.255 e. The van der Waals surface area contributed by atoms with Crippen molar-refractivity contribution >= 4 is 22.4 Å². The second kappa shape index (κ2) is 5.59. The van der Waals surface area contributed by atoms with Gasteiger partial charge in [-0.1, -0.05) is 13.3 Å². The van der Waals surface area contributed by atoms with Crippen LogP contribution in [0.2, 0.25) is 0 Å². The highest BCUT2D eigenvalue weighted by molar-refractivity contribution is 7.15. The number of carbonyl (C=O) groups excluding carboxylic acids is 1. The highest BCUT2D eigenvalue weighted by Crippen LogP contribution is 2.33. The average Bonchev–Trinajstić information content (AvgIpc) is 3.06. The second-order valence-electron chi connectivity index (χ2n) is 5.40. The molecule has 0 radical (unpaired) electrons. The van der Waals surface area contributed by atoms with Crippen LogP contribution in [-0.4, -0.2) is 23.6 Å². The summed E-state index contributed by atoms with van der Waals surface area (Å²) in [5.74, 6) is 0.755. The lowest BCUT2D eigenvalue weighted by Gasteiger charge is -2.18. The Balaban J connectivity index is 1.66. The van der Waals surface area contributed by atoms with Crippen molar-refractivity contribution in [3.05, 3.63) is 10.6 Å². The molecule has 1 fully saturated rings. The maximum Gasteiger partial charge on any atom is 0.255 e. The maximum absolute atomic E-state index is 12.0. The van der Waals surface area contributed by atoms with Crippen molar-refractivity contribution in [2.45, 2.75) is 51.6 Å². The number of carbonyl (C=O) groups is 1. The van der Waals surface area contributed by atoms with Crippen LogP contribution in [0.5, 0.6) is 0 Å². The molecule has 0 saturated carbocycles. The molecule has 1 aliphatic heterocycles. The number of fused-ring (bicyclic) bond motifs is 1. The first kappa shape index (κ1) is 13.1. The highest BCUT2D eigenvalue weighted by Gasteiger charge is 2.26. The third-order valence-electron chi connectivity index (χ3n) is 4.07. The van der Waals surface area contributed by atoms with Gasteiger partial charge in [-0.15, -0.1) is 11.3 Å². The van der Waals surface area contributed by atoms with Gasteiger partial charge in [-0.05, 0) is 38.0 Å². The minimum atomic E-state index is -0.274. The van der Waals surface area contributed by atoms with Crippen molar-refractivity contribution < 1.29 is 9.53 Å². The number of amides is 1. The van der Waals surface area contributed by atoms with E-state index in [0.717, 1.165) is 36.7 Å². The SMILES string of the molecule is CCC1CCc2nc(NC(=O)C3CCCO3)sc2C1. The Morgan fingerprint density at radius 2 is 2.42 bits per heavy atom. The topological polar surface area (TPSA) is 51.2 Å². The van der Waals surface area contributed by atoms with E-state index in [0.29, 0.717) is 6.61 Å². The van der Waals surface area contributed by atoms with Gasteiger partial charge in [0.2, 0.25) is 0 Å². The fourth-order valence-electron chi connectivity index (χ4n) is 2.82. The van der Waals surface area contributed by atoms with E-state index >= 15 is 0 Å². The zero-order valence-corrected chi connectivity index (χ0v) is 12.1. The molecule has 1 saturated heterocycles. The van der Waals surface area contributed by atoms with E-state index in [4.69, 9.17) is 4.74 Å². The molecule has 1 aromatic heterocycles. The summed E-state index contributed by atoms with van der Waals surface area (Å²) in [7, 11) is 0. The van der Waals surface area contributed by atoms with Crippen molar-refractivity contribution in [2.24, 2.45) is 5.92 Å². The van der Waals surface area contributed by atoms with E-state index in [2.05, 4.69) is 17.2 Å². The highest BCUT2D eigenvalue weighted by atomic mass is 32.1. The Labute approximate surface area is 117 Å². The molecule has 0 spiro atoms. The summed E-state index contributed by atoms with van der Waals surface area (Å²) in [4.78, 5) is 17.9. The number of thiazole rings is 1. The molecule has 1 aliphatic carbocycles. The predicted octanol–water partition coefficient (Wildman–Crippen LogP) is 2.78. The van der Waals surface area contributed by atoms with Crippen LogP contribution in [0.3, 0.4) is 0 Å². The fourth-order valence-corrected chi connectivity index (χ4v) is 3.94. The van der Waals surface area contributed by atoms with Crippen molar-refractivity contribution in [1.29, 1.82) is 0 Å². The molecule has 3 rings (SSSR count). The molecular weight excluding hydrogens is 260 g/mol. The molecule has 0 aromatic carbocycles. The van der Waals surface area contributed by atoms with Gasteiger partial charge in [-0.25, -0.2) is 4.98 Å². The Hall–Kier alpha value is -0.940. The van der Waals surface area contributed by atoms with Crippen LogP contribution in [-0.2, 0) is 22.4 Å². The van der Waals surface area contributed by atoms with E-state index < -0.39 is 0 Å². The lowest BCUT2D eigenvalue weighted by molar-refractivity contribution is -0.124. The number of aromatic nitrogens is 1.